The number of carboxylic acid groups (broad SMARTS) is 1. The molecule has 0 saturated carbocycles. The lowest BCUT2D eigenvalue weighted by Crippen LogP contribution is -2.21. The van der Waals surface area contributed by atoms with Crippen molar-refractivity contribution in [2.75, 3.05) is 20.3 Å². The van der Waals surface area contributed by atoms with Crippen molar-refractivity contribution < 1.29 is 38.4 Å². The molecule has 0 saturated heterocycles. The van der Waals surface area contributed by atoms with Crippen LogP contribution < -0.4 is 14.2 Å². The van der Waals surface area contributed by atoms with E-state index in [9.17, 15) is 19.1 Å². The first-order chi connectivity index (χ1) is 16.4. The van der Waals surface area contributed by atoms with Crippen molar-refractivity contribution in [2.24, 2.45) is 0 Å². The molecule has 34 heavy (non-hydrogen) atoms. The molecule has 0 aliphatic heterocycles. The molecule has 8 heteroatoms. The number of benzene rings is 3. The van der Waals surface area contributed by atoms with Crippen molar-refractivity contribution in [3.05, 3.63) is 89.2 Å². The van der Waals surface area contributed by atoms with Crippen LogP contribution in [0, 0.1) is 5.82 Å². The first-order valence-corrected chi connectivity index (χ1v) is 10.6. The average Bonchev–Trinajstić information content (AvgIpc) is 2.84. The highest BCUT2D eigenvalue weighted by Crippen LogP contribution is 2.28. The van der Waals surface area contributed by atoms with Gasteiger partial charge in [0.2, 0.25) is 0 Å². The van der Waals surface area contributed by atoms with Crippen LogP contribution >= 0.6 is 0 Å². The highest BCUT2D eigenvalue weighted by atomic mass is 19.1. The van der Waals surface area contributed by atoms with Gasteiger partial charge in [-0.15, -0.1) is 0 Å². The molecule has 0 fully saturated rings. The summed E-state index contributed by atoms with van der Waals surface area (Å²) in [7, 11) is 1.48. The highest BCUT2D eigenvalue weighted by Gasteiger charge is 2.15. The zero-order chi connectivity index (χ0) is 24.5. The Morgan fingerprint density at radius 3 is 2.12 bits per heavy atom. The lowest BCUT2D eigenvalue weighted by atomic mass is 10.0. The van der Waals surface area contributed by atoms with Crippen LogP contribution in [-0.4, -0.2) is 48.4 Å². The Hall–Kier alpha value is -3.91. The first-order valence-electron chi connectivity index (χ1n) is 10.6. The maximum atomic E-state index is 13.0. The average molecular weight is 468 g/mol. The van der Waals surface area contributed by atoms with E-state index in [4.69, 9.17) is 19.3 Å². The molecule has 2 N–H and O–H groups in total. The number of ether oxygens (including phenoxy) is 3. The second kappa shape index (κ2) is 11.8. The van der Waals surface area contributed by atoms with Crippen LogP contribution in [0.15, 0.2) is 66.7 Å². The van der Waals surface area contributed by atoms with E-state index in [1.165, 1.54) is 31.4 Å². The van der Waals surface area contributed by atoms with E-state index in [0.717, 1.165) is 0 Å². The van der Waals surface area contributed by atoms with E-state index in [-0.39, 0.29) is 12.2 Å². The summed E-state index contributed by atoms with van der Waals surface area (Å²) < 4.78 is 29.7. The number of carboxylic acids is 1. The quantitative estimate of drug-likeness (QED) is 0.307. The summed E-state index contributed by atoms with van der Waals surface area (Å²) in [6.07, 6.45) is -0.934. The van der Waals surface area contributed by atoms with Gasteiger partial charge in [0, 0.05) is 24.0 Å². The van der Waals surface area contributed by atoms with Crippen LogP contribution in [0.1, 0.15) is 27.9 Å². The van der Waals surface area contributed by atoms with Gasteiger partial charge in [-0.1, -0.05) is 6.07 Å². The first kappa shape index (κ1) is 24.7. The van der Waals surface area contributed by atoms with E-state index in [2.05, 4.69) is 0 Å². The fraction of sp³-hybridized carbons (Fsp3) is 0.231. The van der Waals surface area contributed by atoms with Crippen LogP contribution in [0.5, 0.6) is 17.2 Å². The lowest BCUT2D eigenvalue weighted by molar-refractivity contribution is -0.146. The second-order valence-electron chi connectivity index (χ2n) is 7.45. The molecule has 0 aliphatic carbocycles. The van der Waals surface area contributed by atoms with Gasteiger partial charge in [0.05, 0.1) is 20.3 Å². The number of hydrogen-bond acceptors (Lipinski definition) is 6. The number of methoxy groups -OCH3 is 1. The largest absolute Gasteiger partial charge is 0.493 e. The topological polar surface area (TPSA) is 102 Å². The number of aliphatic carboxylic acids is 1. The third-order valence-electron chi connectivity index (χ3n) is 4.98. The minimum Gasteiger partial charge on any atom is -0.493 e. The van der Waals surface area contributed by atoms with Gasteiger partial charge >= 0.3 is 5.97 Å². The monoisotopic (exact) mass is 468 g/mol. The Bertz CT molecular complexity index is 1110. The third-order valence-corrected chi connectivity index (χ3v) is 4.98. The van der Waals surface area contributed by atoms with Gasteiger partial charge in [0.15, 0.2) is 23.4 Å². The normalized spacial score (nSPS) is 11.5. The van der Waals surface area contributed by atoms with Crippen LogP contribution in [0.25, 0.3) is 0 Å². The van der Waals surface area contributed by atoms with Crippen molar-refractivity contribution >= 4 is 11.8 Å². The molecule has 178 valence electrons. The Morgan fingerprint density at radius 2 is 1.50 bits per heavy atom. The molecule has 7 nitrogen and oxygen atoms in total. The summed E-state index contributed by atoms with van der Waals surface area (Å²) >= 11 is 0. The molecule has 3 aromatic rings. The summed E-state index contributed by atoms with van der Waals surface area (Å²) in [4.78, 5) is 23.2. The number of hydrogen-bond donors (Lipinski definition) is 2. The predicted molar refractivity (Wildman–Crippen MR) is 122 cm³/mol. The molecule has 1 unspecified atom stereocenters. The van der Waals surface area contributed by atoms with Crippen molar-refractivity contribution in [3.63, 3.8) is 0 Å². The zero-order valence-electron chi connectivity index (χ0n) is 18.6. The summed E-state index contributed by atoms with van der Waals surface area (Å²) in [5.74, 6) is -0.326. The Balaban J connectivity index is 1.45. The number of carbonyl (C=O) groups is 2. The molecule has 0 bridgehead atoms. The predicted octanol–water partition coefficient (Wildman–Crippen LogP) is 3.90. The molecule has 0 aliphatic rings. The van der Waals surface area contributed by atoms with Crippen molar-refractivity contribution in [1.82, 2.24) is 0 Å². The van der Waals surface area contributed by atoms with Crippen LogP contribution in [0.3, 0.4) is 0 Å². The Labute approximate surface area is 196 Å². The number of aliphatic hydroxyl groups excluding tert-OH is 1. The second-order valence-corrected chi connectivity index (χ2v) is 7.45. The van der Waals surface area contributed by atoms with Gasteiger partial charge in [-0.3, -0.25) is 4.79 Å². The SMILES string of the molecule is COc1cc(CC(O)C(=O)O)ccc1OCCCOc1ccc(C(=O)c2ccc(F)cc2)cc1. The zero-order valence-corrected chi connectivity index (χ0v) is 18.6. The standard InChI is InChI=1S/C26H25FO7/c1-32-24-16-17(15-22(28)26(30)31)3-12-23(24)34-14-2-13-33-21-10-6-19(7-11-21)25(29)18-4-8-20(27)9-5-18/h3-12,16,22,28H,2,13-15H2,1H3,(H,30,31). The molecule has 0 aromatic heterocycles. The smallest absolute Gasteiger partial charge is 0.332 e. The molecule has 0 amide bonds. The molecule has 0 spiro atoms. The van der Waals surface area contributed by atoms with Gasteiger partial charge < -0.3 is 24.4 Å². The molecule has 0 radical (unpaired) electrons. The third kappa shape index (κ3) is 6.79. The minimum absolute atomic E-state index is 0.0336. The fourth-order valence-electron chi connectivity index (χ4n) is 3.17. The minimum atomic E-state index is -1.48. The number of ketones is 1. The number of carbonyl (C=O) groups excluding carboxylic acids is 1. The van der Waals surface area contributed by atoms with Gasteiger partial charge in [-0.2, -0.15) is 0 Å². The maximum Gasteiger partial charge on any atom is 0.332 e. The van der Waals surface area contributed by atoms with E-state index >= 15 is 0 Å². The molecular formula is C26H25FO7. The van der Waals surface area contributed by atoms with Crippen LogP contribution in [-0.2, 0) is 11.2 Å². The summed E-state index contributed by atoms with van der Waals surface area (Å²) in [6.45, 7) is 0.741. The van der Waals surface area contributed by atoms with Gasteiger partial charge in [0.1, 0.15) is 11.6 Å². The van der Waals surface area contributed by atoms with Crippen molar-refractivity contribution in [3.8, 4) is 17.2 Å². The summed E-state index contributed by atoms with van der Waals surface area (Å²) in [5, 5.41) is 18.3. The molecule has 1 atom stereocenters. The van der Waals surface area contributed by atoms with Crippen LogP contribution in [0.4, 0.5) is 4.39 Å². The van der Waals surface area contributed by atoms with Gasteiger partial charge in [-0.25, -0.2) is 9.18 Å². The summed E-state index contributed by atoms with van der Waals surface area (Å²) in [6, 6.07) is 17.1. The Kier molecular flexibility index (Phi) is 8.59. The van der Waals surface area contributed by atoms with E-state index < -0.39 is 17.9 Å². The van der Waals surface area contributed by atoms with Crippen LogP contribution in [0.2, 0.25) is 0 Å². The Morgan fingerprint density at radius 1 is 0.882 bits per heavy atom. The number of halogens is 1. The molecule has 3 aromatic carbocycles. The number of aliphatic hydroxyl groups is 1. The lowest BCUT2D eigenvalue weighted by Gasteiger charge is -2.13. The van der Waals surface area contributed by atoms with E-state index in [1.54, 1.807) is 42.5 Å². The van der Waals surface area contributed by atoms with Crippen molar-refractivity contribution in [2.45, 2.75) is 18.9 Å². The van der Waals surface area contributed by atoms with Crippen molar-refractivity contribution in [1.29, 1.82) is 0 Å². The summed E-state index contributed by atoms with van der Waals surface area (Å²) in [5.41, 5.74) is 1.51. The molecule has 3 rings (SSSR count). The van der Waals surface area contributed by atoms with E-state index in [1.807, 2.05) is 0 Å². The highest BCUT2D eigenvalue weighted by molar-refractivity contribution is 6.09. The molecule has 0 heterocycles. The maximum absolute atomic E-state index is 13.0. The molecular weight excluding hydrogens is 443 g/mol. The van der Waals surface area contributed by atoms with Gasteiger partial charge in [-0.05, 0) is 66.2 Å². The number of rotatable bonds is 12. The fourth-order valence-corrected chi connectivity index (χ4v) is 3.17. The van der Waals surface area contributed by atoms with E-state index in [0.29, 0.717) is 53.6 Å². The van der Waals surface area contributed by atoms with Gasteiger partial charge in [0.25, 0.3) is 0 Å².